The quantitative estimate of drug-likeness (QED) is 0.348. The third-order valence-corrected chi connectivity index (χ3v) is 4.86. The molecule has 3 N–H and O–H groups in total. The molecule has 9 heteroatoms. The van der Waals surface area contributed by atoms with Crippen LogP contribution in [0.3, 0.4) is 0 Å². The number of nitrogens with two attached hydrogens (primary N) is 1. The molecule has 0 aliphatic heterocycles. The summed E-state index contributed by atoms with van der Waals surface area (Å²) in [5, 5.41) is 15.1. The van der Waals surface area contributed by atoms with Crippen molar-refractivity contribution in [2.45, 2.75) is 25.7 Å². The van der Waals surface area contributed by atoms with Crippen molar-refractivity contribution in [3.05, 3.63) is 11.5 Å². The summed E-state index contributed by atoms with van der Waals surface area (Å²) in [6.07, 6.45) is 0. The molecule has 108 valence electrons. The van der Waals surface area contributed by atoms with Gasteiger partial charge < -0.3 is 15.5 Å². The van der Waals surface area contributed by atoms with E-state index in [4.69, 9.17) is 15.5 Å². The first-order valence-electron chi connectivity index (χ1n) is 5.58. The Kier molecular flexibility index (Phi) is 4.53. The number of oxime groups is 1. The maximum absolute atomic E-state index is 12.4. The second-order valence-electron chi connectivity index (χ2n) is 4.36. The summed E-state index contributed by atoms with van der Waals surface area (Å²) in [6, 6.07) is 0. The SMILES string of the molecule is Cc1noc(C)c1S(=O)(=O)N(C)CC(C)C(N)=NO. The summed E-state index contributed by atoms with van der Waals surface area (Å²) in [6.45, 7) is 4.84. The minimum absolute atomic E-state index is 0.0270. The molecule has 1 heterocycles. The Hall–Kier alpha value is -1.61. The lowest BCUT2D eigenvalue weighted by molar-refractivity contribution is 0.312. The molecule has 0 saturated carbocycles. The van der Waals surface area contributed by atoms with Gasteiger partial charge in [0.25, 0.3) is 0 Å². The van der Waals surface area contributed by atoms with E-state index in [0.29, 0.717) is 5.69 Å². The fourth-order valence-corrected chi connectivity index (χ4v) is 3.22. The van der Waals surface area contributed by atoms with E-state index in [1.807, 2.05) is 0 Å². The second-order valence-corrected chi connectivity index (χ2v) is 6.35. The van der Waals surface area contributed by atoms with Gasteiger partial charge >= 0.3 is 0 Å². The predicted octanol–water partition coefficient (Wildman–Crippen LogP) is 0.294. The third-order valence-electron chi connectivity index (χ3n) is 2.79. The molecule has 8 nitrogen and oxygen atoms in total. The van der Waals surface area contributed by atoms with Crippen molar-refractivity contribution in [2.24, 2.45) is 16.8 Å². The zero-order valence-electron chi connectivity index (χ0n) is 11.3. The van der Waals surface area contributed by atoms with Crippen molar-refractivity contribution in [1.82, 2.24) is 9.46 Å². The zero-order valence-corrected chi connectivity index (χ0v) is 12.1. The first-order valence-corrected chi connectivity index (χ1v) is 7.02. The van der Waals surface area contributed by atoms with Crippen LogP contribution in [0, 0.1) is 19.8 Å². The molecule has 0 radical (unpaired) electrons. The molecule has 1 aromatic rings. The van der Waals surface area contributed by atoms with Crippen molar-refractivity contribution in [2.75, 3.05) is 13.6 Å². The highest BCUT2D eigenvalue weighted by Gasteiger charge is 2.29. The molecule has 0 saturated heterocycles. The summed E-state index contributed by atoms with van der Waals surface area (Å²) < 4.78 is 30.7. The minimum Gasteiger partial charge on any atom is -0.409 e. The Balaban J connectivity index is 3.02. The average Bonchev–Trinajstić information content (AvgIpc) is 2.68. The largest absolute Gasteiger partial charge is 0.409 e. The standard InChI is InChI=1S/C10H18N4O4S/c1-6(10(11)12-15)5-14(4)19(16,17)9-7(2)13-18-8(9)3/h6,15H,5H2,1-4H3,(H2,11,12). The molecule has 19 heavy (non-hydrogen) atoms. The lowest BCUT2D eigenvalue weighted by atomic mass is 10.2. The van der Waals surface area contributed by atoms with Gasteiger partial charge in [0, 0.05) is 19.5 Å². The molecule has 1 aromatic heterocycles. The summed E-state index contributed by atoms with van der Waals surface area (Å²) in [7, 11) is -2.29. The maximum Gasteiger partial charge on any atom is 0.248 e. The van der Waals surface area contributed by atoms with Crippen molar-refractivity contribution >= 4 is 15.9 Å². The van der Waals surface area contributed by atoms with Crippen LogP contribution in [-0.2, 0) is 10.0 Å². The van der Waals surface area contributed by atoms with Gasteiger partial charge in [-0.25, -0.2) is 12.7 Å². The Morgan fingerprint density at radius 2 is 2.16 bits per heavy atom. The molecule has 1 rings (SSSR count). The average molecular weight is 290 g/mol. The van der Waals surface area contributed by atoms with Crippen LogP contribution in [0.1, 0.15) is 18.4 Å². The molecule has 0 aromatic carbocycles. The van der Waals surface area contributed by atoms with Gasteiger partial charge in [-0.15, -0.1) is 0 Å². The van der Waals surface area contributed by atoms with E-state index in [2.05, 4.69) is 10.3 Å². The number of amidine groups is 1. The first kappa shape index (κ1) is 15.4. The van der Waals surface area contributed by atoms with Crippen LogP contribution >= 0.6 is 0 Å². The van der Waals surface area contributed by atoms with E-state index >= 15 is 0 Å². The van der Waals surface area contributed by atoms with Crippen LogP contribution in [0.5, 0.6) is 0 Å². The van der Waals surface area contributed by atoms with Crippen molar-refractivity contribution < 1.29 is 18.1 Å². The lowest BCUT2D eigenvalue weighted by Crippen LogP contribution is -2.36. The van der Waals surface area contributed by atoms with Gasteiger partial charge in [-0.3, -0.25) is 0 Å². The van der Waals surface area contributed by atoms with Crippen LogP contribution < -0.4 is 5.73 Å². The number of rotatable bonds is 5. The highest BCUT2D eigenvalue weighted by atomic mass is 32.2. The molecule has 0 aliphatic rings. The molecule has 0 amide bonds. The molecule has 1 atom stereocenters. The summed E-state index contributed by atoms with van der Waals surface area (Å²) in [5.74, 6) is -0.202. The first-order chi connectivity index (χ1) is 8.71. The number of sulfonamides is 1. The van der Waals surface area contributed by atoms with E-state index < -0.39 is 15.9 Å². The van der Waals surface area contributed by atoms with Crippen LogP contribution in [0.4, 0.5) is 0 Å². The van der Waals surface area contributed by atoms with E-state index in [0.717, 1.165) is 4.31 Å². The Morgan fingerprint density at radius 1 is 1.58 bits per heavy atom. The summed E-state index contributed by atoms with van der Waals surface area (Å²) in [4.78, 5) is 0.0571. The smallest absolute Gasteiger partial charge is 0.248 e. The molecule has 1 unspecified atom stereocenters. The fraction of sp³-hybridized carbons (Fsp3) is 0.600. The Morgan fingerprint density at radius 3 is 2.58 bits per heavy atom. The molecular formula is C10H18N4O4S. The van der Waals surface area contributed by atoms with Gasteiger partial charge in [-0.05, 0) is 13.8 Å². The van der Waals surface area contributed by atoms with Gasteiger partial charge in [-0.2, -0.15) is 0 Å². The van der Waals surface area contributed by atoms with Gasteiger partial charge in [-0.1, -0.05) is 17.2 Å². The second kappa shape index (κ2) is 5.57. The molecule has 0 bridgehead atoms. The zero-order chi connectivity index (χ0) is 14.8. The van der Waals surface area contributed by atoms with Gasteiger partial charge in [0.2, 0.25) is 10.0 Å². The topological polar surface area (TPSA) is 122 Å². The number of nitrogens with zero attached hydrogens (tertiary/aromatic N) is 3. The van der Waals surface area contributed by atoms with Gasteiger partial charge in [0.05, 0.1) is 0 Å². The molecule has 0 spiro atoms. The summed E-state index contributed by atoms with van der Waals surface area (Å²) in [5.41, 5.74) is 5.74. The number of aryl methyl sites for hydroxylation is 2. The number of hydrogen-bond donors (Lipinski definition) is 2. The monoisotopic (exact) mass is 290 g/mol. The van der Waals surface area contributed by atoms with Crippen LogP contribution in [0.2, 0.25) is 0 Å². The fourth-order valence-electron chi connectivity index (χ4n) is 1.67. The number of hydrogen-bond acceptors (Lipinski definition) is 6. The van der Waals surface area contributed by atoms with Crippen molar-refractivity contribution in [3.8, 4) is 0 Å². The van der Waals surface area contributed by atoms with Crippen LogP contribution in [0.15, 0.2) is 14.6 Å². The minimum atomic E-state index is -3.71. The van der Waals surface area contributed by atoms with E-state index in [1.54, 1.807) is 13.8 Å². The summed E-state index contributed by atoms with van der Waals surface area (Å²) >= 11 is 0. The third kappa shape index (κ3) is 3.04. The van der Waals surface area contributed by atoms with Crippen molar-refractivity contribution in [3.63, 3.8) is 0 Å². The number of aromatic nitrogens is 1. The van der Waals surface area contributed by atoms with Gasteiger partial charge in [0.1, 0.15) is 16.4 Å². The molecule has 0 fully saturated rings. The van der Waals surface area contributed by atoms with E-state index in [1.165, 1.54) is 14.0 Å². The molecular weight excluding hydrogens is 272 g/mol. The predicted molar refractivity (Wildman–Crippen MR) is 68.4 cm³/mol. The lowest BCUT2D eigenvalue weighted by Gasteiger charge is -2.20. The highest BCUT2D eigenvalue weighted by molar-refractivity contribution is 7.89. The van der Waals surface area contributed by atoms with Gasteiger partial charge in [0.15, 0.2) is 5.76 Å². The maximum atomic E-state index is 12.4. The normalized spacial score (nSPS) is 14.9. The Labute approximate surface area is 111 Å². The Bertz CT molecular complexity index is 559. The van der Waals surface area contributed by atoms with Crippen LogP contribution in [-0.4, -0.2) is 42.5 Å². The highest BCUT2D eigenvalue weighted by Crippen LogP contribution is 2.22. The van der Waals surface area contributed by atoms with E-state index in [-0.39, 0.29) is 23.0 Å². The van der Waals surface area contributed by atoms with Crippen molar-refractivity contribution in [1.29, 1.82) is 0 Å². The molecule has 0 aliphatic carbocycles. The van der Waals surface area contributed by atoms with Crippen LogP contribution in [0.25, 0.3) is 0 Å². The van der Waals surface area contributed by atoms with E-state index in [9.17, 15) is 8.42 Å².